The molecule has 1 saturated heterocycles. The van der Waals surface area contributed by atoms with Gasteiger partial charge in [0.15, 0.2) is 5.60 Å². The average molecular weight is 185 g/mol. The Morgan fingerprint density at radius 1 is 1.54 bits per heavy atom. The number of hydrogen-bond donors (Lipinski definition) is 1. The molecule has 1 aliphatic rings. The molecule has 1 amide bonds. The van der Waals surface area contributed by atoms with Crippen molar-refractivity contribution in [3.8, 4) is 0 Å². The zero-order valence-corrected chi connectivity index (χ0v) is 8.05. The minimum absolute atomic E-state index is 0.180. The Balaban J connectivity index is 2.70. The third-order valence-corrected chi connectivity index (χ3v) is 2.22. The van der Waals surface area contributed by atoms with Crippen molar-refractivity contribution in [3.05, 3.63) is 0 Å². The van der Waals surface area contributed by atoms with Gasteiger partial charge in [-0.05, 0) is 26.2 Å². The number of ether oxygens (including phenoxy) is 1. The average Bonchev–Trinajstić information content (AvgIpc) is 2.14. The lowest BCUT2D eigenvalue weighted by Gasteiger charge is -2.25. The van der Waals surface area contributed by atoms with Crippen molar-refractivity contribution in [3.63, 3.8) is 0 Å². The van der Waals surface area contributed by atoms with Crippen molar-refractivity contribution in [2.75, 3.05) is 6.54 Å². The summed E-state index contributed by atoms with van der Waals surface area (Å²) in [5.74, 6) is -0.584. The zero-order chi connectivity index (χ0) is 9.90. The Morgan fingerprint density at radius 3 is 2.85 bits per heavy atom. The predicted molar refractivity (Wildman–Crippen MR) is 47.0 cm³/mol. The second-order valence-corrected chi connectivity index (χ2v) is 3.54. The molecule has 1 fully saturated rings. The second kappa shape index (κ2) is 3.77. The minimum Gasteiger partial charge on any atom is -0.449 e. The van der Waals surface area contributed by atoms with Gasteiger partial charge in [-0.25, -0.2) is 0 Å². The lowest BCUT2D eigenvalue weighted by molar-refractivity contribution is -0.165. The van der Waals surface area contributed by atoms with Gasteiger partial charge in [-0.1, -0.05) is 0 Å². The number of carbonyl (C=O) groups is 2. The van der Waals surface area contributed by atoms with Crippen LogP contribution in [0.4, 0.5) is 0 Å². The van der Waals surface area contributed by atoms with E-state index in [-0.39, 0.29) is 5.91 Å². The summed E-state index contributed by atoms with van der Waals surface area (Å²) in [6.45, 7) is 3.66. The predicted octanol–water partition coefficient (Wildman–Crippen LogP) is 0.608. The van der Waals surface area contributed by atoms with E-state index in [0.717, 1.165) is 12.8 Å². The van der Waals surface area contributed by atoms with Gasteiger partial charge in [-0.3, -0.25) is 9.59 Å². The molecule has 0 aliphatic carbocycles. The van der Waals surface area contributed by atoms with Crippen LogP contribution in [0, 0.1) is 0 Å². The highest BCUT2D eigenvalue weighted by Gasteiger charge is 2.37. The van der Waals surface area contributed by atoms with E-state index in [2.05, 4.69) is 5.32 Å². The maximum atomic E-state index is 11.5. The molecule has 1 unspecified atom stereocenters. The van der Waals surface area contributed by atoms with Gasteiger partial charge in [0.2, 0.25) is 0 Å². The molecule has 0 aromatic carbocycles. The van der Waals surface area contributed by atoms with Gasteiger partial charge in [0.05, 0.1) is 0 Å². The third-order valence-electron chi connectivity index (χ3n) is 2.22. The topological polar surface area (TPSA) is 55.4 Å². The molecule has 0 aromatic heterocycles. The van der Waals surface area contributed by atoms with Crippen molar-refractivity contribution < 1.29 is 14.3 Å². The van der Waals surface area contributed by atoms with Crippen LogP contribution in [0.25, 0.3) is 0 Å². The highest BCUT2D eigenvalue weighted by Crippen LogP contribution is 2.21. The molecule has 4 nitrogen and oxygen atoms in total. The highest BCUT2D eigenvalue weighted by atomic mass is 16.6. The van der Waals surface area contributed by atoms with Crippen molar-refractivity contribution in [1.82, 2.24) is 5.32 Å². The molecule has 0 radical (unpaired) electrons. The Labute approximate surface area is 77.6 Å². The molecular weight excluding hydrogens is 170 g/mol. The molecule has 1 rings (SSSR count). The van der Waals surface area contributed by atoms with Crippen LogP contribution in [-0.4, -0.2) is 24.0 Å². The van der Waals surface area contributed by atoms with Crippen molar-refractivity contribution >= 4 is 11.9 Å². The van der Waals surface area contributed by atoms with Gasteiger partial charge in [0.25, 0.3) is 5.91 Å². The number of carbonyl (C=O) groups excluding carboxylic acids is 2. The zero-order valence-electron chi connectivity index (χ0n) is 8.05. The lowest BCUT2D eigenvalue weighted by Crippen LogP contribution is -2.46. The van der Waals surface area contributed by atoms with E-state index in [1.165, 1.54) is 6.92 Å². The molecule has 74 valence electrons. The molecule has 0 spiro atoms. The largest absolute Gasteiger partial charge is 0.449 e. The summed E-state index contributed by atoms with van der Waals surface area (Å²) in [6.07, 6.45) is 2.46. The lowest BCUT2D eigenvalue weighted by atomic mass is 9.99. The van der Waals surface area contributed by atoms with Gasteiger partial charge >= 0.3 is 5.97 Å². The number of rotatable bonds is 1. The van der Waals surface area contributed by atoms with E-state index in [9.17, 15) is 9.59 Å². The summed E-state index contributed by atoms with van der Waals surface area (Å²) in [5.41, 5.74) is -0.956. The summed E-state index contributed by atoms with van der Waals surface area (Å²) in [5, 5.41) is 2.72. The van der Waals surface area contributed by atoms with E-state index in [1.54, 1.807) is 6.92 Å². The SMILES string of the molecule is CC(=O)OC1(C)CCCCNC1=O. The van der Waals surface area contributed by atoms with Crippen LogP contribution in [-0.2, 0) is 14.3 Å². The Bertz CT molecular complexity index is 227. The molecule has 0 saturated carbocycles. The van der Waals surface area contributed by atoms with E-state index in [4.69, 9.17) is 4.74 Å². The maximum Gasteiger partial charge on any atom is 0.303 e. The molecule has 1 N–H and O–H groups in total. The van der Waals surface area contributed by atoms with Gasteiger partial charge in [-0.2, -0.15) is 0 Å². The van der Waals surface area contributed by atoms with Crippen molar-refractivity contribution in [2.24, 2.45) is 0 Å². The first-order valence-electron chi connectivity index (χ1n) is 4.52. The molecule has 4 heteroatoms. The van der Waals surface area contributed by atoms with E-state index in [1.807, 2.05) is 0 Å². The van der Waals surface area contributed by atoms with Gasteiger partial charge in [0, 0.05) is 13.5 Å². The molecule has 13 heavy (non-hydrogen) atoms. The highest BCUT2D eigenvalue weighted by molar-refractivity contribution is 5.87. The monoisotopic (exact) mass is 185 g/mol. The van der Waals surface area contributed by atoms with E-state index in [0.29, 0.717) is 13.0 Å². The first kappa shape index (κ1) is 10.0. The molecule has 1 atom stereocenters. The molecule has 1 aliphatic heterocycles. The van der Waals surface area contributed by atoms with Crippen LogP contribution >= 0.6 is 0 Å². The Morgan fingerprint density at radius 2 is 2.23 bits per heavy atom. The van der Waals surface area contributed by atoms with Crippen molar-refractivity contribution in [2.45, 2.75) is 38.7 Å². The van der Waals surface area contributed by atoms with E-state index < -0.39 is 11.6 Å². The van der Waals surface area contributed by atoms with Crippen LogP contribution in [0.3, 0.4) is 0 Å². The number of esters is 1. The number of hydrogen-bond acceptors (Lipinski definition) is 3. The van der Waals surface area contributed by atoms with Crippen LogP contribution in [0.5, 0.6) is 0 Å². The summed E-state index contributed by atoms with van der Waals surface area (Å²) >= 11 is 0. The quantitative estimate of drug-likeness (QED) is 0.609. The van der Waals surface area contributed by atoms with E-state index >= 15 is 0 Å². The summed E-state index contributed by atoms with van der Waals surface area (Å²) in [7, 11) is 0. The molecule has 1 heterocycles. The van der Waals surface area contributed by atoms with Crippen molar-refractivity contribution in [1.29, 1.82) is 0 Å². The van der Waals surface area contributed by atoms with Crippen LogP contribution < -0.4 is 5.32 Å². The number of nitrogens with one attached hydrogen (secondary N) is 1. The summed E-state index contributed by atoms with van der Waals surface area (Å²) in [6, 6.07) is 0. The fraction of sp³-hybridized carbons (Fsp3) is 0.778. The maximum absolute atomic E-state index is 11.5. The van der Waals surface area contributed by atoms with Crippen LogP contribution in [0.15, 0.2) is 0 Å². The summed E-state index contributed by atoms with van der Waals surface area (Å²) in [4.78, 5) is 22.3. The summed E-state index contributed by atoms with van der Waals surface area (Å²) < 4.78 is 5.02. The van der Waals surface area contributed by atoms with Crippen LogP contribution in [0.1, 0.15) is 33.1 Å². The first-order chi connectivity index (χ1) is 6.04. The molecule has 0 aromatic rings. The fourth-order valence-corrected chi connectivity index (χ4v) is 1.50. The number of amides is 1. The second-order valence-electron chi connectivity index (χ2n) is 3.54. The Hall–Kier alpha value is -1.06. The van der Waals surface area contributed by atoms with Gasteiger partial charge in [-0.15, -0.1) is 0 Å². The molecular formula is C9H15NO3. The van der Waals surface area contributed by atoms with Gasteiger partial charge in [0.1, 0.15) is 0 Å². The first-order valence-corrected chi connectivity index (χ1v) is 4.52. The standard InChI is InChI=1S/C9H15NO3/c1-7(11)13-9(2)5-3-4-6-10-8(9)12/h3-6H2,1-2H3,(H,10,12). The fourth-order valence-electron chi connectivity index (χ4n) is 1.50. The van der Waals surface area contributed by atoms with Crippen LogP contribution in [0.2, 0.25) is 0 Å². The van der Waals surface area contributed by atoms with Gasteiger partial charge < -0.3 is 10.1 Å². The third kappa shape index (κ3) is 2.44. The minimum atomic E-state index is -0.956. The Kier molecular flexibility index (Phi) is 2.90. The molecule has 0 bridgehead atoms. The smallest absolute Gasteiger partial charge is 0.303 e. The normalized spacial score (nSPS) is 28.9.